The van der Waals surface area contributed by atoms with Crippen LogP contribution in [0.3, 0.4) is 0 Å². The van der Waals surface area contributed by atoms with E-state index in [1.807, 2.05) is 0 Å². The van der Waals surface area contributed by atoms with Crippen LogP contribution in [0.15, 0.2) is 46.9 Å². The van der Waals surface area contributed by atoms with E-state index in [1.165, 1.54) is 24.3 Å². The van der Waals surface area contributed by atoms with E-state index in [0.29, 0.717) is 0 Å². The van der Waals surface area contributed by atoms with Gasteiger partial charge in [-0.3, -0.25) is 10.2 Å². The third-order valence-corrected chi connectivity index (χ3v) is 5.25. The van der Waals surface area contributed by atoms with Crippen LogP contribution in [0.2, 0.25) is 0 Å². The summed E-state index contributed by atoms with van der Waals surface area (Å²) < 4.78 is 34.4. The number of carbonyl (C=O) groups excluding carboxylic acids is 1. The number of nitrogens with one attached hydrogen (secondary N) is 1. The molecule has 0 spiro atoms. The topological polar surface area (TPSA) is 117 Å². The first-order valence-corrected chi connectivity index (χ1v) is 9.70. The zero-order chi connectivity index (χ0) is 23.3. The monoisotopic (exact) mass is 436 g/mol. The molecule has 162 valence electrons. The number of hydrogen-bond acceptors (Lipinski definition) is 5. The molecule has 4 N–H and O–H groups in total. The van der Waals surface area contributed by atoms with E-state index in [4.69, 9.17) is 15.6 Å². The molecule has 2 aliphatic rings. The zero-order valence-electron chi connectivity index (χ0n) is 17.1. The smallest absolute Gasteiger partial charge is 0.336 e. The SMILES string of the molecule is CC(C)C(=O)c1ccc(-c2c3cc(F)c(=N)cc-3oc3cc(N)c(F)cc23)c(C(=O)O)c1. The Bertz CT molecular complexity index is 1460. The summed E-state index contributed by atoms with van der Waals surface area (Å²) in [4.78, 5) is 24.5. The van der Waals surface area contributed by atoms with Gasteiger partial charge in [-0.1, -0.05) is 26.0 Å². The number of Topliss-reactive ketones (excluding diaryl/α,β-unsaturated/α-hetero) is 1. The van der Waals surface area contributed by atoms with Crippen molar-refractivity contribution in [1.29, 1.82) is 5.41 Å². The summed E-state index contributed by atoms with van der Waals surface area (Å²) in [6.07, 6.45) is 0. The minimum absolute atomic E-state index is 0.101. The number of nitrogen functional groups attached to an aromatic ring is 1. The molecule has 32 heavy (non-hydrogen) atoms. The minimum Gasteiger partial charge on any atom is -0.478 e. The highest BCUT2D eigenvalue weighted by Gasteiger charge is 2.24. The molecular weight excluding hydrogens is 418 g/mol. The van der Waals surface area contributed by atoms with Crippen molar-refractivity contribution in [2.45, 2.75) is 13.8 Å². The van der Waals surface area contributed by atoms with Gasteiger partial charge in [0.15, 0.2) is 5.78 Å². The molecule has 0 unspecified atom stereocenters. The molecule has 0 saturated heterocycles. The molecule has 0 amide bonds. The summed E-state index contributed by atoms with van der Waals surface area (Å²) >= 11 is 0. The Labute approximate surface area is 180 Å². The first-order chi connectivity index (χ1) is 15.1. The molecule has 0 atom stereocenters. The van der Waals surface area contributed by atoms with Crippen LogP contribution in [0.1, 0.15) is 34.6 Å². The van der Waals surface area contributed by atoms with E-state index in [9.17, 15) is 23.5 Å². The number of nitrogens with two attached hydrogens (primary N) is 1. The maximum atomic E-state index is 14.4. The van der Waals surface area contributed by atoms with Crippen molar-refractivity contribution in [3.63, 3.8) is 0 Å². The lowest BCUT2D eigenvalue weighted by molar-refractivity contribution is 0.0697. The highest BCUT2D eigenvalue weighted by molar-refractivity contribution is 6.09. The molecule has 1 aliphatic carbocycles. The second-order valence-electron chi connectivity index (χ2n) is 7.76. The Morgan fingerprint density at radius 2 is 1.75 bits per heavy atom. The number of ketones is 1. The first kappa shape index (κ1) is 21.2. The summed E-state index contributed by atoms with van der Waals surface area (Å²) in [5, 5.41) is 17.4. The Hall–Kier alpha value is -4.07. The third kappa shape index (κ3) is 3.39. The first-order valence-electron chi connectivity index (χ1n) is 9.70. The van der Waals surface area contributed by atoms with E-state index >= 15 is 0 Å². The number of hydrogen-bond donors (Lipinski definition) is 3. The molecule has 0 bridgehead atoms. The average Bonchev–Trinajstić information content (AvgIpc) is 2.73. The fourth-order valence-corrected chi connectivity index (χ4v) is 3.66. The molecule has 2 aromatic carbocycles. The van der Waals surface area contributed by atoms with E-state index in [2.05, 4.69) is 0 Å². The van der Waals surface area contributed by atoms with Crippen molar-refractivity contribution in [2.75, 3.05) is 5.73 Å². The van der Waals surface area contributed by atoms with Crippen LogP contribution in [0, 0.1) is 23.0 Å². The van der Waals surface area contributed by atoms with E-state index in [1.54, 1.807) is 13.8 Å². The van der Waals surface area contributed by atoms with Crippen LogP contribution < -0.4 is 11.1 Å². The largest absolute Gasteiger partial charge is 0.478 e. The van der Waals surface area contributed by atoms with Crippen LogP contribution in [-0.4, -0.2) is 16.9 Å². The molecular formula is C24H18F2N2O4. The van der Waals surface area contributed by atoms with Gasteiger partial charge >= 0.3 is 5.97 Å². The number of carboxylic acids is 1. The van der Waals surface area contributed by atoms with E-state index < -0.39 is 23.0 Å². The van der Waals surface area contributed by atoms with Crippen LogP contribution in [0.4, 0.5) is 14.5 Å². The molecule has 0 aromatic heterocycles. The number of aromatic carboxylic acids is 1. The van der Waals surface area contributed by atoms with Crippen molar-refractivity contribution in [1.82, 2.24) is 0 Å². The maximum Gasteiger partial charge on any atom is 0.336 e. The number of halogens is 2. The summed E-state index contributed by atoms with van der Waals surface area (Å²) in [7, 11) is 0. The quantitative estimate of drug-likeness (QED) is 0.234. The number of fused-ring (bicyclic) bond motifs is 2. The van der Waals surface area contributed by atoms with Crippen LogP contribution in [-0.2, 0) is 0 Å². The van der Waals surface area contributed by atoms with Gasteiger partial charge < -0.3 is 15.3 Å². The number of carboxylic acid groups (broad SMARTS) is 1. The lowest BCUT2D eigenvalue weighted by Gasteiger charge is -2.18. The predicted octanol–water partition coefficient (Wildman–Crippen LogP) is 5.08. The van der Waals surface area contributed by atoms with Gasteiger partial charge in [0.2, 0.25) is 0 Å². The maximum absolute atomic E-state index is 14.4. The second-order valence-corrected chi connectivity index (χ2v) is 7.76. The Morgan fingerprint density at radius 3 is 2.41 bits per heavy atom. The third-order valence-electron chi connectivity index (χ3n) is 5.25. The van der Waals surface area contributed by atoms with Gasteiger partial charge in [-0.2, -0.15) is 0 Å². The second kappa shape index (κ2) is 7.56. The molecule has 4 rings (SSSR count). The predicted molar refractivity (Wildman–Crippen MR) is 115 cm³/mol. The van der Waals surface area contributed by atoms with Crippen LogP contribution in [0.5, 0.6) is 0 Å². The van der Waals surface area contributed by atoms with E-state index in [0.717, 1.165) is 18.2 Å². The van der Waals surface area contributed by atoms with Gasteiger partial charge in [-0.15, -0.1) is 0 Å². The highest BCUT2D eigenvalue weighted by Crippen LogP contribution is 2.42. The molecule has 0 fully saturated rings. The molecule has 1 heterocycles. The molecule has 0 saturated carbocycles. The number of rotatable bonds is 4. The number of anilines is 1. The summed E-state index contributed by atoms with van der Waals surface area (Å²) in [5.41, 5.74) is 6.11. The Morgan fingerprint density at radius 1 is 1.03 bits per heavy atom. The minimum atomic E-state index is -1.31. The van der Waals surface area contributed by atoms with Crippen LogP contribution >= 0.6 is 0 Å². The zero-order valence-corrected chi connectivity index (χ0v) is 17.1. The molecule has 6 nitrogen and oxygen atoms in total. The fraction of sp³-hybridized carbons (Fsp3) is 0.125. The van der Waals surface area contributed by atoms with Crippen molar-refractivity contribution in [3.8, 4) is 22.5 Å². The van der Waals surface area contributed by atoms with Crippen molar-refractivity contribution < 1.29 is 27.9 Å². The van der Waals surface area contributed by atoms with E-state index in [-0.39, 0.29) is 61.9 Å². The molecule has 1 aliphatic heterocycles. The van der Waals surface area contributed by atoms with Crippen molar-refractivity contribution in [2.24, 2.45) is 5.92 Å². The Balaban J connectivity index is 2.17. The van der Waals surface area contributed by atoms with Gasteiger partial charge in [-0.05, 0) is 23.8 Å². The average molecular weight is 436 g/mol. The normalized spacial score (nSPS) is 11.4. The number of benzene rings is 3. The molecule has 2 aromatic rings. The molecule has 0 radical (unpaired) electrons. The molecule has 8 heteroatoms. The van der Waals surface area contributed by atoms with Crippen LogP contribution in [0.25, 0.3) is 33.4 Å². The van der Waals surface area contributed by atoms with Gasteiger partial charge in [-0.25, -0.2) is 13.6 Å². The van der Waals surface area contributed by atoms with Gasteiger partial charge in [0.25, 0.3) is 0 Å². The standard InChI is InChI=1S/C24H18F2N2O4/c1-10(2)23(29)11-3-4-12(13(5-11)24(30)31)22-14-6-16(25)18(27)8-20(14)32-21-9-19(28)17(26)7-15(21)22/h3-10,27H,28H2,1-2H3,(H,30,31). The van der Waals surface area contributed by atoms with Gasteiger partial charge in [0.1, 0.15) is 23.0 Å². The lowest BCUT2D eigenvalue weighted by atomic mass is 9.88. The van der Waals surface area contributed by atoms with Gasteiger partial charge in [0.05, 0.1) is 16.6 Å². The Kier molecular flexibility index (Phi) is 5.00. The lowest BCUT2D eigenvalue weighted by Crippen LogP contribution is -2.11. The van der Waals surface area contributed by atoms with Gasteiger partial charge in [0, 0.05) is 40.1 Å². The van der Waals surface area contributed by atoms with Crippen molar-refractivity contribution >= 4 is 28.4 Å². The fourth-order valence-electron chi connectivity index (χ4n) is 3.66. The highest BCUT2D eigenvalue weighted by atomic mass is 19.1. The van der Waals surface area contributed by atoms with Crippen molar-refractivity contribution in [3.05, 3.63) is 70.6 Å². The number of carbonyl (C=O) groups is 2. The summed E-state index contributed by atoms with van der Waals surface area (Å²) in [6.45, 7) is 3.40. The summed E-state index contributed by atoms with van der Waals surface area (Å²) in [6, 6.07) is 8.72. The summed E-state index contributed by atoms with van der Waals surface area (Å²) in [5.74, 6) is -3.40.